The van der Waals surface area contributed by atoms with Crippen LogP contribution in [0.5, 0.6) is 17.2 Å². The Kier molecular flexibility index (Phi) is 3.55. The molecule has 0 saturated carbocycles. The van der Waals surface area contributed by atoms with Crippen molar-refractivity contribution < 1.29 is 19.0 Å². The van der Waals surface area contributed by atoms with Crippen LogP contribution in [-0.2, 0) is 0 Å². The zero-order chi connectivity index (χ0) is 11.4. The molecule has 0 unspecified atom stereocenters. The number of Topliss-reactive ketones (excluding diaryl/α,β-unsaturated/α-hetero) is 1. The first-order valence-electron chi connectivity index (χ1n) is 4.45. The summed E-state index contributed by atoms with van der Waals surface area (Å²) in [5.41, 5.74) is 0.431. The highest BCUT2D eigenvalue weighted by Crippen LogP contribution is 2.34. The van der Waals surface area contributed by atoms with Gasteiger partial charge >= 0.3 is 0 Å². The van der Waals surface area contributed by atoms with Gasteiger partial charge in [-0.1, -0.05) is 0 Å². The van der Waals surface area contributed by atoms with Gasteiger partial charge in [0.2, 0.25) is 0 Å². The Bertz CT molecular complexity index is 346. The Morgan fingerprint density at radius 3 is 1.73 bits per heavy atom. The number of ketones is 1. The third-order valence-corrected chi connectivity index (χ3v) is 2.07. The molecule has 0 aliphatic rings. The maximum Gasteiger partial charge on any atom is 0.167 e. The van der Waals surface area contributed by atoms with Gasteiger partial charge in [0, 0.05) is 12.1 Å². The van der Waals surface area contributed by atoms with Gasteiger partial charge in [0.1, 0.15) is 22.8 Å². The Hall–Kier alpha value is -1.71. The third-order valence-electron chi connectivity index (χ3n) is 2.07. The number of hydrogen-bond acceptors (Lipinski definition) is 4. The number of carbonyl (C=O) groups is 1. The first kappa shape index (κ1) is 11.4. The number of benzene rings is 1. The molecule has 0 radical (unpaired) electrons. The lowest BCUT2D eigenvalue weighted by molar-refractivity contribution is 0.101. The quantitative estimate of drug-likeness (QED) is 0.712. The van der Waals surface area contributed by atoms with Gasteiger partial charge in [-0.05, 0) is 6.92 Å². The van der Waals surface area contributed by atoms with Crippen molar-refractivity contribution in [3.8, 4) is 17.2 Å². The fourth-order valence-corrected chi connectivity index (χ4v) is 1.35. The summed E-state index contributed by atoms with van der Waals surface area (Å²) in [5.74, 6) is 1.40. The van der Waals surface area contributed by atoms with Crippen molar-refractivity contribution in [2.24, 2.45) is 0 Å². The standard InChI is InChI=1S/C11H14O4/c1-7(12)11-9(14-3)5-8(13-2)6-10(11)15-4/h5-6H,1-4H3. The van der Waals surface area contributed by atoms with Gasteiger partial charge in [0.15, 0.2) is 5.78 Å². The zero-order valence-corrected chi connectivity index (χ0v) is 9.29. The molecular formula is C11H14O4. The van der Waals surface area contributed by atoms with Crippen LogP contribution >= 0.6 is 0 Å². The van der Waals surface area contributed by atoms with E-state index >= 15 is 0 Å². The van der Waals surface area contributed by atoms with E-state index in [-0.39, 0.29) is 5.78 Å². The van der Waals surface area contributed by atoms with Gasteiger partial charge in [-0.25, -0.2) is 0 Å². The monoisotopic (exact) mass is 210 g/mol. The second-order valence-electron chi connectivity index (χ2n) is 2.96. The summed E-state index contributed by atoms with van der Waals surface area (Å²) in [5, 5.41) is 0. The molecule has 1 rings (SSSR count). The van der Waals surface area contributed by atoms with Crippen molar-refractivity contribution in [1.29, 1.82) is 0 Å². The van der Waals surface area contributed by atoms with Crippen LogP contribution in [0.2, 0.25) is 0 Å². The Balaban J connectivity index is 3.39. The molecule has 0 aliphatic heterocycles. The summed E-state index contributed by atoms with van der Waals surface area (Å²) in [7, 11) is 4.54. The molecule has 4 nitrogen and oxygen atoms in total. The van der Waals surface area contributed by atoms with E-state index in [1.54, 1.807) is 19.2 Å². The molecule has 0 spiro atoms. The lowest BCUT2D eigenvalue weighted by Crippen LogP contribution is -2.02. The highest BCUT2D eigenvalue weighted by Gasteiger charge is 2.16. The van der Waals surface area contributed by atoms with Crippen LogP contribution < -0.4 is 14.2 Å². The average molecular weight is 210 g/mol. The Morgan fingerprint density at radius 1 is 1.00 bits per heavy atom. The van der Waals surface area contributed by atoms with Crippen LogP contribution in [0.4, 0.5) is 0 Å². The molecule has 0 atom stereocenters. The van der Waals surface area contributed by atoms with E-state index in [9.17, 15) is 4.79 Å². The summed E-state index contributed by atoms with van der Waals surface area (Å²) in [6.07, 6.45) is 0. The van der Waals surface area contributed by atoms with E-state index in [4.69, 9.17) is 14.2 Å². The number of carbonyl (C=O) groups excluding carboxylic acids is 1. The summed E-state index contributed by atoms with van der Waals surface area (Å²) in [4.78, 5) is 11.4. The molecule has 15 heavy (non-hydrogen) atoms. The second kappa shape index (κ2) is 4.68. The van der Waals surface area contributed by atoms with E-state index in [0.717, 1.165) is 0 Å². The summed E-state index contributed by atoms with van der Waals surface area (Å²) < 4.78 is 15.3. The molecule has 1 aromatic rings. The molecule has 0 fully saturated rings. The topological polar surface area (TPSA) is 44.8 Å². The highest BCUT2D eigenvalue weighted by molar-refractivity contribution is 6.00. The summed E-state index contributed by atoms with van der Waals surface area (Å²) >= 11 is 0. The largest absolute Gasteiger partial charge is 0.496 e. The first-order chi connectivity index (χ1) is 7.13. The van der Waals surface area contributed by atoms with Gasteiger partial charge in [0.25, 0.3) is 0 Å². The molecule has 0 aromatic heterocycles. The third kappa shape index (κ3) is 2.21. The first-order valence-corrected chi connectivity index (χ1v) is 4.45. The van der Waals surface area contributed by atoms with Crippen molar-refractivity contribution in [1.82, 2.24) is 0 Å². The van der Waals surface area contributed by atoms with Gasteiger partial charge < -0.3 is 14.2 Å². The highest BCUT2D eigenvalue weighted by atomic mass is 16.5. The molecule has 82 valence electrons. The molecule has 1 aromatic carbocycles. The summed E-state index contributed by atoms with van der Waals surface area (Å²) in [6.45, 7) is 1.47. The minimum Gasteiger partial charge on any atom is -0.496 e. The second-order valence-corrected chi connectivity index (χ2v) is 2.96. The van der Waals surface area contributed by atoms with E-state index < -0.39 is 0 Å². The lowest BCUT2D eigenvalue weighted by atomic mass is 10.1. The van der Waals surface area contributed by atoms with Crippen molar-refractivity contribution >= 4 is 5.78 Å². The van der Waals surface area contributed by atoms with Crippen LogP contribution in [0, 0.1) is 0 Å². The Morgan fingerprint density at radius 2 is 1.47 bits per heavy atom. The smallest absolute Gasteiger partial charge is 0.167 e. The number of ether oxygens (including phenoxy) is 3. The van der Waals surface area contributed by atoms with Crippen LogP contribution in [0.1, 0.15) is 17.3 Å². The minimum absolute atomic E-state index is 0.105. The van der Waals surface area contributed by atoms with Gasteiger partial charge in [-0.3, -0.25) is 4.79 Å². The normalized spacial score (nSPS) is 9.60. The minimum atomic E-state index is -0.105. The van der Waals surface area contributed by atoms with Gasteiger partial charge in [0.05, 0.1) is 21.3 Å². The molecule has 0 heterocycles. The van der Waals surface area contributed by atoms with Crippen LogP contribution in [0.25, 0.3) is 0 Å². The van der Waals surface area contributed by atoms with Gasteiger partial charge in [-0.15, -0.1) is 0 Å². The SMILES string of the molecule is COc1cc(OC)c(C(C)=O)c(OC)c1. The van der Waals surface area contributed by atoms with Crippen molar-refractivity contribution in [2.45, 2.75) is 6.92 Å². The number of hydrogen-bond donors (Lipinski definition) is 0. The predicted octanol–water partition coefficient (Wildman–Crippen LogP) is 1.91. The van der Waals surface area contributed by atoms with E-state index in [1.807, 2.05) is 0 Å². The average Bonchev–Trinajstić information content (AvgIpc) is 2.26. The summed E-state index contributed by atoms with van der Waals surface area (Å²) in [6, 6.07) is 3.30. The molecule has 0 N–H and O–H groups in total. The molecule has 0 saturated heterocycles. The molecule has 0 amide bonds. The number of methoxy groups -OCH3 is 3. The maximum absolute atomic E-state index is 11.4. The van der Waals surface area contributed by atoms with Crippen LogP contribution in [0.15, 0.2) is 12.1 Å². The Labute approximate surface area is 88.8 Å². The predicted molar refractivity (Wildman–Crippen MR) is 56.1 cm³/mol. The van der Waals surface area contributed by atoms with Crippen molar-refractivity contribution in [3.63, 3.8) is 0 Å². The molecule has 0 bridgehead atoms. The van der Waals surface area contributed by atoms with Crippen molar-refractivity contribution in [2.75, 3.05) is 21.3 Å². The van der Waals surface area contributed by atoms with Crippen LogP contribution in [0.3, 0.4) is 0 Å². The van der Waals surface area contributed by atoms with E-state index in [0.29, 0.717) is 22.8 Å². The van der Waals surface area contributed by atoms with Crippen LogP contribution in [-0.4, -0.2) is 27.1 Å². The fourth-order valence-electron chi connectivity index (χ4n) is 1.35. The molecule has 4 heteroatoms. The van der Waals surface area contributed by atoms with E-state index in [2.05, 4.69) is 0 Å². The maximum atomic E-state index is 11.4. The molecular weight excluding hydrogens is 196 g/mol. The van der Waals surface area contributed by atoms with Gasteiger partial charge in [-0.2, -0.15) is 0 Å². The number of rotatable bonds is 4. The lowest BCUT2D eigenvalue weighted by Gasteiger charge is -2.12. The zero-order valence-electron chi connectivity index (χ0n) is 9.29. The van der Waals surface area contributed by atoms with Crippen molar-refractivity contribution in [3.05, 3.63) is 17.7 Å². The molecule has 0 aliphatic carbocycles. The van der Waals surface area contributed by atoms with E-state index in [1.165, 1.54) is 21.1 Å². The fraction of sp³-hybridized carbons (Fsp3) is 0.364.